The van der Waals surface area contributed by atoms with Crippen LogP contribution in [0, 0.1) is 0 Å². The van der Waals surface area contributed by atoms with E-state index >= 15 is 0 Å². The first kappa shape index (κ1) is 9.70. The molecule has 1 aliphatic rings. The fraction of sp³-hybridized carbons (Fsp3) is 0.444. The number of oxime groups is 1. The molecule has 0 radical (unpaired) electrons. The molecule has 3 N–H and O–H groups in total. The van der Waals surface area contributed by atoms with Gasteiger partial charge in [-0.15, -0.1) is 0 Å². The Bertz CT molecular complexity index is 373. The lowest BCUT2D eigenvalue weighted by Gasteiger charge is -2.15. The van der Waals surface area contributed by atoms with Crippen molar-refractivity contribution in [3.8, 4) is 0 Å². The maximum atomic E-state index is 8.53. The molecule has 2 heterocycles. The molecule has 0 aliphatic carbocycles. The van der Waals surface area contributed by atoms with Gasteiger partial charge in [0.1, 0.15) is 17.8 Å². The molecule has 1 saturated heterocycles. The summed E-state index contributed by atoms with van der Waals surface area (Å²) in [4.78, 5) is 10.3. The van der Waals surface area contributed by atoms with Crippen molar-refractivity contribution < 1.29 is 5.21 Å². The third-order valence-corrected chi connectivity index (χ3v) is 2.45. The first-order valence-corrected chi connectivity index (χ1v) is 4.86. The van der Waals surface area contributed by atoms with Crippen molar-refractivity contribution in [2.75, 3.05) is 18.0 Å². The van der Waals surface area contributed by atoms with Crippen LogP contribution in [0.15, 0.2) is 17.5 Å². The van der Waals surface area contributed by atoms with Gasteiger partial charge < -0.3 is 15.8 Å². The minimum Gasteiger partial charge on any atom is -0.409 e. The molecule has 0 spiro atoms. The van der Waals surface area contributed by atoms with Gasteiger partial charge in [0.15, 0.2) is 5.84 Å². The van der Waals surface area contributed by atoms with Crippen LogP contribution >= 0.6 is 0 Å². The molecule has 1 aromatic rings. The van der Waals surface area contributed by atoms with Gasteiger partial charge in [0.25, 0.3) is 0 Å². The minimum atomic E-state index is 0.0119. The molecule has 0 amide bonds. The van der Waals surface area contributed by atoms with Crippen LogP contribution in [0.1, 0.15) is 18.5 Å². The van der Waals surface area contributed by atoms with Gasteiger partial charge in [-0.05, 0) is 12.8 Å². The SMILES string of the molecule is N/C(=N/O)c1cc(N2CCCC2)ncn1. The van der Waals surface area contributed by atoms with Crippen molar-refractivity contribution >= 4 is 11.7 Å². The Morgan fingerprint density at radius 2 is 2.13 bits per heavy atom. The van der Waals surface area contributed by atoms with Crippen molar-refractivity contribution in [2.24, 2.45) is 10.9 Å². The lowest BCUT2D eigenvalue weighted by atomic mass is 10.3. The summed E-state index contributed by atoms with van der Waals surface area (Å²) in [5.74, 6) is 0.849. The van der Waals surface area contributed by atoms with Crippen molar-refractivity contribution in [1.29, 1.82) is 0 Å². The Kier molecular flexibility index (Phi) is 2.66. The summed E-state index contributed by atoms with van der Waals surface area (Å²) in [6, 6.07) is 1.74. The Morgan fingerprint density at radius 3 is 2.80 bits per heavy atom. The van der Waals surface area contributed by atoms with E-state index in [-0.39, 0.29) is 5.84 Å². The standard InChI is InChI=1S/C9H13N5O/c10-9(13-15)7-5-8(12-6-11-7)14-3-1-2-4-14/h5-6,15H,1-4H2,(H2,10,13). The summed E-state index contributed by atoms with van der Waals surface area (Å²) in [6.45, 7) is 2.01. The molecule has 2 rings (SSSR count). The van der Waals surface area contributed by atoms with Crippen LogP contribution in [-0.2, 0) is 0 Å². The molecule has 1 aromatic heterocycles. The number of aromatic nitrogens is 2. The van der Waals surface area contributed by atoms with Gasteiger partial charge in [-0.3, -0.25) is 0 Å². The largest absolute Gasteiger partial charge is 0.409 e. The lowest BCUT2D eigenvalue weighted by molar-refractivity contribution is 0.318. The number of rotatable bonds is 2. The zero-order valence-electron chi connectivity index (χ0n) is 8.30. The summed E-state index contributed by atoms with van der Waals surface area (Å²) in [7, 11) is 0. The van der Waals surface area contributed by atoms with E-state index in [1.54, 1.807) is 6.07 Å². The number of hydrogen-bond donors (Lipinski definition) is 2. The topological polar surface area (TPSA) is 87.6 Å². The average Bonchev–Trinajstić information content (AvgIpc) is 2.82. The molecular weight excluding hydrogens is 194 g/mol. The van der Waals surface area contributed by atoms with Crippen LogP contribution in [0.4, 0.5) is 5.82 Å². The zero-order valence-corrected chi connectivity index (χ0v) is 8.30. The molecule has 0 aromatic carbocycles. The summed E-state index contributed by atoms with van der Waals surface area (Å²) in [5, 5.41) is 11.4. The van der Waals surface area contributed by atoms with Gasteiger partial charge in [0.2, 0.25) is 0 Å². The monoisotopic (exact) mass is 207 g/mol. The van der Waals surface area contributed by atoms with Gasteiger partial charge in [-0.1, -0.05) is 5.16 Å². The normalized spacial score (nSPS) is 17.1. The summed E-state index contributed by atoms with van der Waals surface area (Å²) < 4.78 is 0. The van der Waals surface area contributed by atoms with Gasteiger partial charge in [0, 0.05) is 19.2 Å². The van der Waals surface area contributed by atoms with Crippen LogP contribution in [0.3, 0.4) is 0 Å². The van der Waals surface area contributed by atoms with E-state index in [4.69, 9.17) is 10.9 Å². The summed E-state index contributed by atoms with van der Waals surface area (Å²) in [5.41, 5.74) is 5.91. The van der Waals surface area contributed by atoms with Gasteiger partial charge in [0.05, 0.1) is 0 Å². The predicted octanol–water partition coefficient (Wildman–Crippen LogP) is 0.171. The number of anilines is 1. The van der Waals surface area contributed by atoms with Gasteiger partial charge in [-0.2, -0.15) is 0 Å². The Hall–Kier alpha value is -1.85. The number of nitrogens with two attached hydrogens (primary N) is 1. The van der Waals surface area contributed by atoms with Crippen molar-refractivity contribution in [3.63, 3.8) is 0 Å². The average molecular weight is 207 g/mol. The van der Waals surface area contributed by atoms with E-state index in [2.05, 4.69) is 20.0 Å². The maximum absolute atomic E-state index is 8.53. The Labute approximate surface area is 87.4 Å². The smallest absolute Gasteiger partial charge is 0.188 e. The van der Waals surface area contributed by atoms with E-state index in [0.29, 0.717) is 5.69 Å². The molecule has 80 valence electrons. The Balaban J connectivity index is 2.25. The van der Waals surface area contributed by atoms with Gasteiger partial charge >= 0.3 is 0 Å². The zero-order chi connectivity index (χ0) is 10.7. The highest BCUT2D eigenvalue weighted by Crippen LogP contribution is 2.17. The third-order valence-electron chi connectivity index (χ3n) is 2.45. The molecule has 0 unspecified atom stereocenters. The number of hydrogen-bond acceptors (Lipinski definition) is 5. The molecule has 0 saturated carbocycles. The van der Waals surface area contributed by atoms with Crippen LogP contribution in [0.5, 0.6) is 0 Å². The highest BCUT2D eigenvalue weighted by molar-refractivity contribution is 5.95. The van der Waals surface area contributed by atoms with E-state index < -0.39 is 0 Å². The maximum Gasteiger partial charge on any atom is 0.188 e. The first-order chi connectivity index (χ1) is 7.31. The number of amidine groups is 1. The van der Waals surface area contributed by atoms with E-state index in [0.717, 1.165) is 18.9 Å². The van der Waals surface area contributed by atoms with Crippen LogP contribution in [-0.4, -0.2) is 34.1 Å². The van der Waals surface area contributed by atoms with Crippen molar-refractivity contribution in [1.82, 2.24) is 9.97 Å². The quantitative estimate of drug-likeness (QED) is 0.312. The van der Waals surface area contributed by atoms with Crippen molar-refractivity contribution in [2.45, 2.75) is 12.8 Å². The molecule has 1 fully saturated rings. The molecular formula is C9H13N5O. The first-order valence-electron chi connectivity index (χ1n) is 4.86. The van der Waals surface area contributed by atoms with Crippen LogP contribution in [0.2, 0.25) is 0 Å². The highest BCUT2D eigenvalue weighted by atomic mass is 16.4. The second kappa shape index (κ2) is 4.12. The molecule has 15 heavy (non-hydrogen) atoms. The fourth-order valence-corrected chi connectivity index (χ4v) is 1.66. The molecule has 6 heteroatoms. The Morgan fingerprint density at radius 1 is 1.40 bits per heavy atom. The van der Waals surface area contributed by atoms with E-state index in [9.17, 15) is 0 Å². The summed E-state index contributed by atoms with van der Waals surface area (Å²) in [6.07, 6.45) is 3.80. The van der Waals surface area contributed by atoms with Gasteiger partial charge in [-0.25, -0.2) is 9.97 Å². The highest BCUT2D eigenvalue weighted by Gasteiger charge is 2.14. The fourth-order valence-electron chi connectivity index (χ4n) is 1.66. The number of nitrogens with zero attached hydrogens (tertiary/aromatic N) is 4. The van der Waals surface area contributed by atoms with Crippen LogP contribution in [0.25, 0.3) is 0 Å². The van der Waals surface area contributed by atoms with Crippen molar-refractivity contribution in [3.05, 3.63) is 18.1 Å². The minimum absolute atomic E-state index is 0.0119. The predicted molar refractivity (Wildman–Crippen MR) is 56.0 cm³/mol. The second-order valence-electron chi connectivity index (χ2n) is 3.44. The van der Waals surface area contributed by atoms with Crippen LogP contribution < -0.4 is 10.6 Å². The molecule has 6 nitrogen and oxygen atoms in total. The van der Waals surface area contributed by atoms with E-state index in [1.165, 1.54) is 19.2 Å². The van der Waals surface area contributed by atoms with E-state index in [1.807, 2.05) is 0 Å². The second-order valence-corrected chi connectivity index (χ2v) is 3.44. The molecule has 0 atom stereocenters. The molecule has 0 bridgehead atoms. The molecule has 1 aliphatic heterocycles. The lowest BCUT2D eigenvalue weighted by Crippen LogP contribution is -2.21. The summed E-state index contributed by atoms with van der Waals surface area (Å²) >= 11 is 0. The third kappa shape index (κ3) is 1.98.